The van der Waals surface area contributed by atoms with E-state index in [0.29, 0.717) is 35.1 Å². The molecule has 0 aliphatic heterocycles. The number of nitrogens with zero attached hydrogens (tertiary/aromatic N) is 1. The first-order chi connectivity index (χ1) is 13.4. The van der Waals surface area contributed by atoms with Gasteiger partial charge in [0.05, 0.1) is 6.42 Å². The van der Waals surface area contributed by atoms with Gasteiger partial charge >= 0.3 is 0 Å². The highest BCUT2D eigenvalue weighted by molar-refractivity contribution is 6.36. The summed E-state index contributed by atoms with van der Waals surface area (Å²) in [5.41, 5.74) is 2.65. The Hall–Kier alpha value is -2.04. The predicted molar refractivity (Wildman–Crippen MR) is 115 cm³/mol. The van der Waals surface area contributed by atoms with Crippen LogP contribution in [0.2, 0.25) is 10.0 Å². The molecular weight excluding hydrogens is 395 g/mol. The van der Waals surface area contributed by atoms with Crippen LogP contribution in [0.4, 0.5) is 0 Å². The Kier molecular flexibility index (Phi) is 8.34. The first kappa shape index (κ1) is 22.3. The van der Waals surface area contributed by atoms with Gasteiger partial charge in [-0.25, -0.2) is 0 Å². The van der Waals surface area contributed by atoms with E-state index in [1.54, 1.807) is 23.1 Å². The van der Waals surface area contributed by atoms with Crippen LogP contribution in [0, 0.1) is 6.92 Å². The van der Waals surface area contributed by atoms with Crippen LogP contribution in [0.15, 0.2) is 42.5 Å². The van der Waals surface area contributed by atoms with Crippen LogP contribution in [0.1, 0.15) is 37.0 Å². The first-order valence-corrected chi connectivity index (χ1v) is 10.2. The molecule has 0 fully saturated rings. The molecule has 0 heterocycles. The van der Waals surface area contributed by atoms with Crippen molar-refractivity contribution in [2.45, 2.75) is 46.2 Å². The standard InChI is InChI=1S/C22H26Cl2N2O2/c1-4-20(22(28)25-5-2)26(14-16-9-6-8-15(3)12-16)21(27)13-17-18(23)10-7-11-19(17)24/h6-12,20H,4-5,13-14H2,1-3H3,(H,25,28)/t20-/m0/s1. The molecule has 0 radical (unpaired) electrons. The summed E-state index contributed by atoms with van der Waals surface area (Å²) < 4.78 is 0. The fraction of sp³-hybridized carbons (Fsp3) is 0.364. The molecule has 0 bridgehead atoms. The van der Waals surface area contributed by atoms with E-state index in [2.05, 4.69) is 5.32 Å². The fourth-order valence-corrected chi connectivity index (χ4v) is 3.70. The van der Waals surface area contributed by atoms with Crippen LogP contribution in [-0.4, -0.2) is 29.3 Å². The predicted octanol–water partition coefficient (Wildman–Crippen LogP) is 4.79. The average molecular weight is 421 g/mol. The zero-order chi connectivity index (χ0) is 20.7. The van der Waals surface area contributed by atoms with Crippen molar-refractivity contribution in [3.63, 3.8) is 0 Å². The van der Waals surface area contributed by atoms with E-state index in [1.807, 2.05) is 45.0 Å². The summed E-state index contributed by atoms with van der Waals surface area (Å²) in [6.07, 6.45) is 0.555. The lowest BCUT2D eigenvalue weighted by molar-refractivity contribution is -0.140. The SMILES string of the molecule is CCNC(=O)[C@H](CC)N(Cc1cccc(C)c1)C(=O)Cc1c(Cl)cccc1Cl. The molecule has 6 heteroatoms. The van der Waals surface area contributed by atoms with Gasteiger partial charge in [-0.05, 0) is 43.5 Å². The van der Waals surface area contributed by atoms with Crippen molar-refractivity contribution in [2.24, 2.45) is 0 Å². The van der Waals surface area contributed by atoms with E-state index in [0.717, 1.165) is 11.1 Å². The summed E-state index contributed by atoms with van der Waals surface area (Å²) in [5.74, 6) is -0.342. The quantitative estimate of drug-likeness (QED) is 0.667. The minimum Gasteiger partial charge on any atom is -0.355 e. The monoisotopic (exact) mass is 420 g/mol. The smallest absolute Gasteiger partial charge is 0.242 e. The van der Waals surface area contributed by atoms with Crippen molar-refractivity contribution in [1.29, 1.82) is 0 Å². The molecule has 0 unspecified atom stereocenters. The molecule has 2 amide bonds. The number of amides is 2. The summed E-state index contributed by atoms with van der Waals surface area (Å²) in [6.45, 7) is 6.62. The Labute approximate surface area is 176 Å². The molecule has 4 nitrogen and oxygen atoms in total. The first-order valence-electron chi connectivity index (χ1n) is 9.42. The van der Waals surface area contributed by atoms with Crippen molar-refractivity contribution < 1.29 is 9.59 Å². The van der Waals surface area contributed by atoms with Crippen molar-refractivity contribution >= 4 is 35.0 Å². The normalized spacial score (nSPS) is 11.8. The van der Waals surface area contributed by atoms with Crippen LogP contribution >= 0.6 is 23.2 Å². The molecule has 0 saturated heterocycles. The molecular formula is C22H26Cl2N2O2. The van der Waals surface area contributed by atoms with Gasteiger partial charge in [-0.3, -0.25) is 9.59 Å². The van der Waals surface area contributed by atoms with Gasteiger partial charge in [-0.2, -0.15) is 0 Å². The largest absolute Gasteiger partial charge is 0.355 e. The molecule has 2 rings (SSSR count). The fourth-order valence-electron chi connectivity index (χ4n) is 3.17. The number of hydrogen-bond acceptors (Lipinski definition) is 2. The molecule has 0 aliphatic rings. The van der Waals surface area contributed by atoms with E-state index in [9.17, 15) is 9.59 Å². The Balaban J connectivity index is 2.35. The molecule has 0 aromatic heterocycles. The Bertz CT molecular complexity index is 819. The number of carbonyl (C=O) groups is 2. The molecule has 1 N–H and O–H groups in total. The highest BCUT2D eigenvalue weighted by Crippen LogP contribution is 2.26. The van der Waals surface area contributed by atoms with Crippen molar-refractivity contribution in [3.05, 3.63) is 69.2 Å². The summed E-state index contributed by atoms with van der Waals surface area (Å²) in [6, 6.07) is 12.5. The molecule has 1 atom stereocenters. The van der Waals surface area contributed by atoms with Gasteiger partial charge in [0.1, 0.15) is 6.04 Å². The minimum absolute atomic E-state index is 0.0419. The maximum absolute atomic E-state index is 13.2. The molecule has 2 aromatic carbocycles. The maximum Gasteiger partial charge on any atom is 0.242 e. The van der Waals surface area contributed by atoms with Crippen molar-refractivity contribution in [1.82, 2.24) is 10.2 Å². The molecule has 28 heavy (non-hydrogen) atoms. The lowest BCUT2D eigenvalue weighted by atomic mass is 10.1. The second-order valence-corrected chi connectivity index (χ2v) is 7.52. The van der Waals surface area contributed by atoms with Gasteiger partial charge < -0.3 is 10.2 Å². The van der Waals surface area contributed by atoms with Gasteiger partial charge in [0, 0.05) is 23.1 Å². The highest BCUT2D eigenvalue weighted by Gasteiger charge is 2.29. The van der Waals surface area contributed by atoms with E-state index < -0.39 is 6.04 Å². The van der Waals surface area contributed by atoms with E-state index >= 15 is 0 Å². The zero-order valence-corrected chi connectivity index (χ0v) is 18.0. The zero-order valence-electron chi connectivity index (χ0n) is 16.5. The highest BCUT2D eigenvalue weighted by atomic mass is 35.5. The van der Waals surface area contributed by atoms with Crippen molar-refractivity contribution in [3.8, 4) is 0 Å². The second kappa shape index (κ2) is 10.5. The summed E-state index contributed by atoms with van der Waals surface area (Å²) in [5, 5.41) is 3.72. The average Bonchev–Trinajstić information content (AvgIpc) is 2.65. The summed E-state index contributed by atoms with van der Waals surface area (Å²) in [4.78, 5) is 27.5. The van der Waals surface area contributed by atoms with E-state index in [-0.39, 0.29) is 18.2 Å². The van der Waals surface area contributed by atoms with E-state index in [1.165, 1.54) is 0 Å². The maximum atomic E-state index is 13.2. The molecule has 0 aliphatic carbocycles. The Morgan fingerprint density at radius 2 is 1.71 bits per heavy atom. The number of nitrogens with one attached hydrogen (secondary N) is 1. The van der Waals surface area contributed by atoms with Crippen LogP contribution in [0.3, 0.4) is 0 Å². The Morgan fingerprint density at radius 1 is 1.07 bits per heavy atom. The lowest BCUT2D eigenvalue weighted by Gasteiger charge is -2.31. The van der Waals surface area contributed by atoms with Gasteiger partial charge in [0.25, 0.3) is 0 Å². The number of likely N-dealkylation sites (N-methyl/N-ethyl adjacent to an activating group) is 1. The third-order valence-corrected chi connectivity index (χ3v) is 5.27. The number of carbonyl (C=O) groups excluding carboxylic acids is 2. The molecule has 0 spiro atoms. The van der Waals surface area contributed by atoms with Crippen LogP contribution < -0.4 is 5.32 Å². The van der Waals surface area contributed by atoms with Crippen LogP contribution in [-0.2, 0) is 22.6 Å². The number of aryl methyl sites for hydroxylation is 1. The minimum atomic E-state index is -0.561. The van der Waals surface area contributed by atoms with Gasteiger partial charge in [0.2, 0.25) is 11.8 Å². The van der Waals surface area contributed by atoms with Crippen LogP contribution in [0.25, 0.3) is 0 Å². The third-order valence-electron chi connectivity index (χ3n) is 4.56. The lowest BCUT2D eigenvalue weighted by Crippen LogP contribution is -2.49. The summed E-state index contributed by atoms with van der Waals surface area (Å²) >= 11 is 12.5. The van der Waals surface area contributed by atoms with Gasteiger partial charge in [-0.1, -0.05) is 66.0 Å². The molecule has 0 saturated carbocycles. The second-order valence-electron chi connectivity index (χ2n) is 6.71. The third kappa shape index (κ3) is 5.73. The topological polar surface area (TPSA) is 49.4 Å². The molecule has 2 aromatic rings. The van der Waals surface area contributed by atoms with Gasteiger partial charge in [0.15, 0.2) is 0 Å². The molecule has 150 valence electrons. The van der Waals surface area contributed by atoms with Gasteiger partial charge in [-0.15, -0.1) is 0 Å². The van der Waals surface area contributed by atoms with Crippen LogP contribution in [0.5, 0.6) is 0 Å². The Morgan fingerprint density at radius 3 is 2.29 bits per heavy atom. The number of benzene rings is 2. The van der Waals surface area contributed by atoms with E-state index in [4.69, 9.17) is 23.2 Å². The summed E-state index contributed by atoms with van der Waals surface area (Å²) in [7, 11) is 0. The number of hydrogen-bond donors (Lipinski definition) is 1. The van der Waals surface area contributed by atoms with Crippen molar-refractivity contribution in [2.75, 3.05) is 6.54 Å². The number of rotatable bonds is 8. The number of halogens is 2.